The first-order valence-corrected chi connectivity index (χ1v) is 28.0. The van der Waals surface area contributed by atoms with Crippen molar-refractivity contribution in [1.29, 1.82) is 0 Å². The van der Waals surface area contributed by atoms with Crippen molar-refractivity contribution in [3.63, 3.8) is 0 Å². The van der Waals surface area contributed by atoms with Crippen molar-refractivity contribution in [2.75, 3.05) is 0 Å². The largest absolute Gasteiger partial charge is 0.0654 e. The maximum absolute atomic E-state index is 2.71. The summed E-state index contributed by atoms with van der Waals surface area (Å²) in [5.74, 6) is 0. The van der Waals surface area contributed by atoms with Crippen LogP contribution in [-0.2, 0) is 10.8 Å². The van der Waals surface area contributed by atoms with Gasteiger partial charge < -0.3 is 0 Å². The first kappa shape index (κ1) is 44.5. The zero-order valence-electron chi connectivity index (χ0n) is 43.2. The molecule has 0 saturated heterocycles. The van der Waals surface area contributed by atoms with E-state index in [0.29, 0.717) is 10.8 Å². The molecule has 0 radical (unpaired) electrons. The molecule has 4 fully saturated rings. The van der Waals surface area contributed by atoms with E-state index in [-0.39, 0.29) is 21.7 Å². The normalized spacial score (nSPS) is 28.5. The molecule has 0 aliphatic heterocycles. The van der Waals surface area contributed by atoms with Crippen molar-refractivity contribution < 1.29 is 0 Å². The van der Waals surface area contributed by atoms with Gasteiger partial charge in [0.05, 0.1) is 0 Å². The molecular weight excluding hydrogens is 841 g/mol. The van der Waals surface area contributed by atoms with E-state index >= 15 is 0 Å². The van der Waals surface area contributed by atoms with E-state index in [1.807, 2.05) is 0 Å². The van der Waals surface area contributed by atoms with Gasteiger partial charge in [0.2, 0.25) is 0 Å². The van der Waals surface area contributed by atoms with Crippen molar-refractivity contribution >= 4 is 0 Å². The zero-order chi connectivity index (χ0) is 47.7. The van der Waals surface area contributed by atoms with Crippen LogP contribution in [0.5, 0.6) is 0 Å². The summed E-state index contributed by atoms with van der Waals surface area (Å²) in [4.78, 5) is 0. The maximum Gasteiger partial charge on any atom is 0.0327 e. The minimum Gasteiger partial charge on any atom is -0.0654 e. The predicted octanol–water partition coefficient (Wildman–Crippen LogP) is 19.8. The van der Waals surface area contributed by atoms with Crippen LogP contribution in [0.1, 0.15) is 164 Å². The van der Waals surface area contributed by atoms with Crippen molar-refractivity contribution in [2.45, 2.75) is 155 Å². The molecule has 7 aromatic carbocycles. The number of hydrogen-bond acceptors (Lipinski definition) is 0. The Hall–Kier alpha value is -5.46. The minimum atomic E-state index is 0.0135. The van der Waals surface area contributed by atoms with Crippen molar-refractivity contribution in [2.24, 2.45) is 21.7 Å². The lowest BCUT2D eigenvalue weighted by molar-refractivity contribution is -0.0949. The summed E-state index contributed by atoms with van der Waals surface area (Å²) < 4.78 is 0. The summed E-state index contributed by atoms with van der Waals surface area (Å²) in [6.07, 6.45) is 21.2. The molecule has 0 amide bonds. The van der Waals surface area contributed by atoms with Gasteiger partial charge >= 0.3 is 0 Å². The minimum absolute atomic E-state index is 0.0135. The third-order valence-electron chi connectivity index (χ3n) is 21.4. The fraction of sp³-hybridized carbons (Fsp3) is 0.400. The van der Waals surface area contributed by atoms with E-state index in [2.05, 4.69) is 187 Å². The van der Waals surface area contributed by atoms with Crippen LogP contribution in [0.2, 0.25) is 0 Å². The highest BCUT2D eigenvalue weighted by Crippen LogP contribution is 2.81. The van der Waals surface area contributed by atoms with Gasteiger partial charge in [-0.05, 0) is 220 Å². The summed E-state index contributed by atoms with van der Waals surface area (Å²) in [6.45, 7) is 14.4. The first-order valence-electron chi connectivity index (χ1n) is 28.0. The molecule has 13 rings (SSSR count). The van der Waals surface area contributed by atoms with Gasteiger partial charge in [-0.1, -0.05) is 192 Å². The van der Waals surface area contributed by atoms with Crippen LogP contribution in [0.25, 0.3) is 66.8 Å². The third-order valence-corrected chi connectivity index (χ3v) is 21.4. The SMILES string of the molecule is CCCC12CCCC(CCC)(CCC1)C21c2cc(-c3ccc(C)cc3)ccc2-c2ccc(-c3ccc(-c4ccc(-c5ccc6c(c5)C5(c7cc(C)ccc7-6)C6(CC)CCC5(CC)CC6)cc4)cc3)cc21. The molecule has 0 atom stereocenters. The molecule has 6 aliphatic carbocycles. The standard InChI is InChI=1S/C70H74/c1-7-33-67-35-11-37-68(34-8-2,38-12-36-67)70(67)63-45-54(51-16-13-47(5)14-17-51)26-31-59(63)60-32-28-56(46-64(60)70)53-24-20-50(21-25-53)49-18-22-52(23-19-49)55-27-30-58-57-29-15-48(6)43-61(57)69(62(58)44-55)65(9-3)39-41-66(69,10-4)42-40-65/h13-32,43-46H,7-12,33-42H2,1-6H3. The van der Waals surface area contributed by atoms with E-state index in [9.17, 15) is 0 Å². The molecule has 0 aromatic heterocycles. The Balaban J connectivity index is 0.862. The van der Waals surface area contributed by atoms with E-state index in [1.54, 1.807) is 22.3 Å². The molecule has 0 nitrogen and oxygen atoms in total. The highest BCUT2D eigenvalue weighted by Gasteiger charge is 2.74. The molecule has 6 aliphatic rings. The lowest BCUT2D eigenvalue weighted by atomic mass is 9.36. The van der Waals surface area contributed by atoms with Gasteiger partial charge in [-0.2, -0.15) is 0 Å². The second-order valence-electron chi connectivity index (χ2n) is 23.9. The lowest BCUT2D eigenvalue weighted by Crippen LogP contribution is -2.62. The van der Waals surface area contributed by atoms with Crippen LogP contribution < -0.4 is 0 Å². The number of fused-ring (bicyclic) bond motifs is 6. The van der Waals surface area contributed by atoms with Crippen LogP contribution in [0, 0.1) is 35.5 Å². The number of aryl methyl sites for hydroxylation is 2. The highest BCUT2D eigenvalue weighted by atomic mass is 14.8. The van der Waals surface area contributed by atoms with Crippen LogP contribution in [-0.4, -0.2) is 0 Å². The Kier molecular flexibility index (Phi) is 10.2. The summed E-state index contributed by atoms with van der Waals surface area (Å²) in [5, 5.41) is 0. The topological polar surface area (TPSA) is 0 Å². The monoisotopic (exact) mass is 915 g/mol. The average Bonchev–Trinajstić information content (AvgIpc) is 4.06. The Labute approximate surface area is 420 Å². The Bertz CT molecular complexity index is 3100. The fourth-order valence-electron chi connectivity index (χ4n) is 18.7. The summed E-state index contributed by atoms with van der Waals surface area (Å²) in [7, 11) is 0. The molecule has 4 bridgehead atoms. The van der Waals surface area contributed by atoms with Crippen LogP contribution >= 0.6 is 0 Å². The van der Waals surface area contributed by atoms with Crippen LogP contribution in [0.3, 0.4) is 0 Å². The third kappa shape index (κ3) is 5.66. The lowest BCUT2D eigenvalue weighted by Gasteiger charge is -2.67. The Morgan fingerprint density at radius 1 is 0.300 bits per heavy atom. The second-order valence-corrected chi connectivity index (χ2v) is 23.9. The number of rotatable bonds is 10. The summed E-state index contributed by atoms with van der Waals surface area (Å²) >= 11 is 0. The predicted molar refractivity (Wildman–Crippen MR) is 296 cm³/mol. The molecule has 0 unspecified atom stereocenters. The van der Waals surface area contributed by atoms with Gasteiger partial charge in [0.15, 0.2) is 0 Å². The highest BCUT2D eigenvalue weighted by molar-refractivity contribution is 5.89. The smallest absolute Gasteiger partial charge is 0.0327 e. The molecule has 4 saturated carbocycles. The Morgan fingerprint density at radius 2 is 0.586 bits per heavy atom. The summed E-state index contributed by atoms with van der Waals surface area (Å²) in [5.41, 5.74) is 27.3. The van der Waals surface area contributed by atoms with Gasteiger partial charge in [-0.15, -0.1) is 0 Å². The fourth-order valence-corrected chi connectivity index (χ4v) is 18.7. The summed E-state index contributed by atoms with van der Waals surface area (Å²) in [6, 6.07) is 58.6. The molecule has 0 heteroatoms. The molecule has 2 spiro atoms. The number of benzene rings is 7. The van der Waals surface area contributed by atoms with Gasteiger partial charge in [-0.25, -0.2) is 0 Å². The second kappa shape index (κ2) is 16.0. The average molecular weight is 915 g/mol. The van der Waals surface area contributed by atoms with Crippen molar-refractivity contribution in [1.82, 2.24) is 0 Å². The van der Waals surface area contributed by atoms with Crippen LogP contribution in [0.4, 0.5) is 0 Å². The molecule has 70 heavy (non-hydrogen) atoms. The zero-order valence-corrected chi connectivity index (χ0v) is 43.2. The van der Waals surface area contributed by atoms with Crippen molar-refractivity contribution in [3.05, 3.63) is 179 Å². The Morgan fingerprint density at radius 3 is 0.943 bits per heavy atom. The molecule has 0 N–H and O–H groups in total. The molecule has 7 aromatic rings. The van der Waals surface area contributed by atoms with Gasteiger partial charge in [0, 0.05) is 10.8 Å². The molecule has 354 valence electrons. The van der Waals surface area contributed by atoms with Crippen LogP contribution in [0.15, 0.2) is 146 Å². The number of hydrogen-bond donors (Lipinski definition) is 0. The maximum atomic E-state index is 2.71. The van der Waals surface area contributed by atoms with E-state index in [1.165, 1.54) is 181 Å². The molecular formula is C70H74. The van der Waals surface area contributed by atoms with Crippen molar-refractivity contribution in [3.8, 4) is 66.8 Å². The first-order chi connectivity index (χ1) is 34.1. The van der Waals surface area contributed by atoms with E-state index < -0.39 is 0 Å². The van der Waals surface area contributed by atoms with Gasteiger partial charge in [0.25, 0.3) is 0 Å². The van der Waals surface area contributed by atoms with E-state index in [4.69, 9.17) is 0 Å². The van der Waals surface area contributed by atoms with E-state index in [0.717, 1.165) is 0 Å². The molecule has 0 heterocycles. The quantitative estimate of drug-likeness (QED) is 0.128. The van der Waals surface area contributed by atoms with Gasteiger partial charge in [0.1, 0.15) is 0 Å². The van der Waals surface area contributed by atoms with Gasteiger partial charge in [-0.3, -0.25) is 0 Å².